The minimum absolute atomic E-state index is 0.0365. The van der Waals surface area contributed by atoms with Crippen LogP contribution in [0.25, 0.3) is 10.8 Å². The van der Waals surface area contributed by atoms with Crippen LogP contribution in [0.4, 0.5) is 16.3 Å². The van der Waals surface area contributed by atoms with Crippen molar-refractivity contribution >= 4 is 42.6 Å². The quantitative estimate of drug-likeness (QED) is 0.213. The van der Waals surface area contributed by atoms with E-state index in [-0.39, 0.29) is 42.1 Å². The van der Waals surface area contributed by atoms with Gasteiger partial charge in [0.25, 0.3) is 0 Å². The number of amides is 2. The lowest BCUT2D eigenvalue weighted by atomic mass is 10.0. The summed E-state index contributed by atoms with van der Waals surface area (Å²) in [6.45, 7) is 17.6. The lowest BCUT2D eigenvalue weighted by molar-refractivity contribution is -0.128. The number of rotatable bonds is 9. The lowest BCUT2D eigenvalue weighted by Crippen LogP contribution is -2.55. The molecule has 0 bridgehead atoms. The fourth-order valence-electron chi connectivity index (χ4n) is 7.25. The number of piperazine rings is 1. The molecule has 0 radical (unpaired) electrons. The Hall–Kier alpha value is -4.67. The van der Waals surface area contributed by atoms with Crippen LogP contribution in [-0.4, -0.2) is 103 Å². The molecule has 6 rings (SSSR count). The molecule has 51 heavy (non-hydrogen) atoms. The summed E-state index contributed by atoms with van der Waals surface area (Å²) in [6, 6.07) is 16.3. The molecule has 2 saturated heterocycles. The van der Waals surface area contributed by atoms with Gasteiger partial charge in [-0.2, -0.15) is 15.2 Å². The maximum Gasteiger partial charge on any atom is 0.407 e. The van der Waals surface area contributed by atoms with Gasteiger partial charge in [0.05, 0.1) is 42.9 Å². The predicted octanol–water partition coefficient (Wildman–Crippen LogP) is 5.83. The van der Waals surface area contributed by atoms with Crippen molar-refractivity contribution in [2.45, 2.75) is 82.9 Å². The number of hydrogen-bond donors (Lipinski definition) is 1. The van der Waals surface area contributed by atoms with Crippen molar-refractivity contribution in [3.05, 3.63) is 66.4 Å². The number of fused-ring (bicyclic) bond motifs is 2. The number of anilines is 2. The van der Waals surface area contributed by atoms with Crippen molar-refractivity contribution in [3.8, 4) is 12.1 Å². The largest absolute Gasteiger partial charge is 0.465 e. The molecule has 2 fully saturated rings. The fourth-order valence-corrected chi connectivity index (χ4v) is 8.64. The number of carboxylic acid groups (broad SMARTS) is 1. The van der Waals surface area contributed by atoms with E-state index in [0.717, 1.165) is 34.7 Å². The number of ether oxygens (including phenoxy) is 1. The molecule has 2 amide bonds. The standard InChI is InChI=1S/C38H49N7O5Si/c1-7-34(46)44-22-21-43(23-27(44)15-18-39)35-29-16-19-42(31-14-10-12-26-11-8-9-13-28(26)31)24-30(29)40-36(41-35)49-25-32-33(17-20-45(32)37(47)48)50-51(5,6)38(2,3)4/h7-14,27,32-33H,1,15-17,19-25H2,2-6H3,(H,47,48)/t27?,32-,33+/m1/s1. The highest BCUT2D eigenvalue weighted by atomic mass is 28.4. The van der Waals surface area contributed by atoms with Crippen molar-refractivity contribution < 1.29 is 23.9 Å². The van der Waals surface area contributed by atoms with Gasteiger partial charge in [-0.15, -0.1) is 0 Å². The smallest absolute Gasteiger partial charge is 0.407 e. The van der Waals surface area contributed by atoms with Gasteiger partial charge in [0.15, 0.2) is 8.32 Å². The normalized spacial score (nSPS) is 21.0. The summed E-state index contributed by atoms with van der Waals surface area (Å²) in [4.78, 5) is 42.6. The molecule has 0 aliphatic carbocycles. The summed E-state index contributed by atoms with van der Waals surface area (Å²) in [5.41, 5.74) is 2.98. The van der Waals surface area contributed by atoms with Gasteiger partial charge in [0.1, 0.15) is 12.4 Å². The molecule has 0 saturated carbocycles. The van der Waals surface area contributed by atoms with Crippen molar-refractivity contribution in [1.82, 2.24) is 19.8 Å². The van der Waals surface area contributed by atoms with Crippen molar-refractivity contribution in [2.75, 3.05) is 49.1 Å². The highest BCUT2D eigenvalue weighted by Gasteiger charge is 2.46. The van der Waals surface area contributed by atoms with Crippen molar-refractivity contribution in [3.63, 3.8) is 0 Å². The molecule has 2 aromatic carbocycles. The van der Waals surface area contributed by atoms with E-state index in [1.807, 2.05) is 6.07 Å². The summed E-state index contributed by atoms with van der Waals surface area (Å²) in [7, 11) is -2.20. The third kappa shape index (κ3) is 7.39. The van der Waals surface area contributed by atoms with Crippen molar-refractivity contribution in [2.24, 2.45) is 0 Å². The van der Waals surface area contributed by atoms with E-state index >= 15 is 0 Å². The van der Waals surface area contributed by atoms with Gasteiger partial charge < -0.3 is 29.0 Å². The molecule has 3 aliphatic rings. The van der Waals surface area contributed by atoms with Gasteiger partial charge in [0.2, 0.25) is 5.91 Å². The molecule has 12 nitrogen and oxygen atoms in total. The Kier molecular flexibility index (Phi) is 10.3. The minimum atomic E-state index is -2.20. The molecule has 1 unspecified atom stereocenters. The predicted molar refractivity (Wildman–Crippen MR) is 200 cm³/mol. The maximum absolute atomic E-state index is 12.7. The van der Waals surface area contributed by atoms with E-state index < -0.39 is 20.5 Å². The van der Waals surface area contributed by atoms with Crippen LogP contribution in [0.2, 0.25) is 18.1 Å². The number of nitriles is 1. The zero-order valence-corrected chi connectivity index (χ0v) is 31.3. The van der Waals surface area contributed by atoms with Crippen LogP contribution < -0.4 is 14.5 Å². The third-order valence-corrected chi connectivity index (χ3v) is 15.6. The Labute approximate surface area is 301 Å². The van der Waals surface area contributed by atoms with Crippen LogP contribution in [0, 0.1) is 11.3 Å². The molecule has 3 aliphatic heterocycles. The fraction of sp³-hybridized carbons (Fsp3) is 0.500. The second-order valence-corrected chi connectivity index (χ2v) is 19.9. The van der Waals surface area contributed by atoms with Gasteiger partial charge in [-0.3, -0.25) is 9.69 Å². The molecule has 3 atom stereocenters. The van der Waals surface area contributed by atoms with Gasteiger partial charge in [0, 0.05) is 49.4 Å². The van der Waals surface area contributed by atoms with Gasteiger partial charge in [-0.25, -0.2) is 4.79 Å². The lowest BCUT2D eigenvalue weighted by Gasteiger charge is -2.42. The highest BCUT2D eigenvalue weighted by molar-refractivity contribution is 6.74. The van der Waals surface area contributed by atoms with E-state index in [1.54, 1.807) is 4.90 Å². The van der Waals surface area contributed by atoms with Crippen LogP contribution in [-0.2, 0) is 22.2 Å². The zero-order chi connectivity index (χ0) is 36.5. The molecule has 13 heteroatoms. The molecule has 270 valence electrons. The highest BCUT2D eigenvalue weighted by Crippen LogP contribution is 2.40. The van der Waals surface area contributed by atoms with E-state index in [0.29, 0.717) is 45.6 Å². The summed E-state index contributed by atoms with van der Waals surface area (Å²) in [5.74, 6) is 0.542. The van der Waals surface area contributed by atoms with Crippen LogP contribution >= 0.6 is 0 Å². The van der Waals surface area contributed by atoms with Crippen molar-refractivity contribution in [1.29, 1.82) is 5.26 Å². The Morgan fingerprint density at radius 1 is 1.06 bits per heavy atom. The summed E-state index contributed by atoms with van der Waals surface area (Å²) in [5, 5.41) is 22.0. The molecule has 3 aromatic rings. The first-order chi connectivity index (χ1) is 24.3. The average Bonchev–Trinajstić information content (AvgIpc) is 3.51. The minimum Gasteiger partial charge on any atom is -0.465 e. The van der Waals surface area contributed by atoms with E-state index in [9.17, 15) is 20.0 Å². The molecule has 4 heterocycles. The first-order valence-electron chi connectivity index (χ1n) is 17.8. The Bertz CT molecular complexity index is 1830. The molecule has 1 aromatic heterocycles. The number of carbonyl (C=O) groups is 2. The van der Waals surface area contributed by atoms with Crippen LogP contribution in [0.3, 0.4) is 0 Å². The van der Waals surface area contributed by atoms with Crippen LogP contribution in [0.15, 0.2) is 55.1 Å². The van der Waals surface area contributed by atoms with E-state index in [2.05, 4.69) is 92.7 Å². The monoisotopic (exact) mass is 711 g/mol. The first-order valence-corrected chi connectivity index (χ1v) is 20.7. The van der Waals surface area contributed by atoms with E-state index in [4.69, 9.17) is 19.1 Å². The van der Waals surface area contributed by atoms with Crippen LogP contribution in [0.1, 0.15) is 44.9 Å². The second-order valence-electron chi connectivity index (χ2n) is 15.2. The van der Waals surface area contributed by atoms with Gasteiger partial charge >= 0.3 is 12.1 Å². The Balaban J connectivity index is 1.33. The number of hydrogen-bond acceptors (Lipinski definition) is 9. The van der Waals surface area contributed by atoms with Gasteiger partial charge in [-0.05, 0) is 48.5 Å². The zero-order valence-electron chi connectivity index (χ0n) is 30.3. The topological polar surface area (TPSA) is 135 Å². The molecular formula is C38H49N7O5Si. The average molecular weight is 712 g/mol. The van der Waals surface area contributed by atoms with E-state index in [1.165, 1.54) is 16.4 Å². The molecule has 0 spiro atoms. The third-order valence-electron chi connectivity index (χ3n) is 11.1. The summed E-state index contributed by atoms with van der Waals surface area (Å²) >= 11 is 0. The number of nitrogens with zero attached hydrogens (tertiary/aromatic N) is 7. The number of likely N-dealkylation sites (tertiary alicyclic amines) is 1. The number of aromatic nitrogens is 2. The SMILES string of the molecule is C=CC(=O)N1CCN(c2nc(OC[C@@H]3[C@@H](O[Si](C)(C)C(C)(C)C)CCN3C(=O)O)nc3c2CCN(c2cccc4ccccc24)C3)CC1CC#N. The summed E-state index contributed by atoms with van der Waals surface area (Å²) < 4.78 is 13.2. The molecule has 1 N–H and O–H groups in total. The number of carbonyl (C=O) groups excluding carboxylic acids is 1. The van der Waals surface area contributed by atoms with Gasteiger partial charge in [-0.1, -0.05) is 63.7 Å². The second kappa shape index (κ2) is 14.5. The molecular weight excluding hydrogens is 663 g/mol. The maximum atomic E-state index is 12.7. The first kappa shape index (κ1) is 36.1. The summed E-state index contributed by atoms with van der Waals surface area (Å²) in [6.07, 6.45) is 1.47. The Morgan fingerprint density at radius 2 is 1.82 bits per heavy atom. The van der Waals surface area contributed by atoms with Crippen LogP contribution in [0.5, 0.6) is 6.01 Å². The number of benzene rings is 2. The Morgan fingerprint density at radius 3 is 2.55 bits per heavy atom.